The second-order valence-electron chi connectivity index (χ2n) is 8.22. The Balaban J connectivity index is 1.19. The van der Waals surface area contributed by atoms with Gasteiger partial charge in [-0.1, -0.05) is 42.3 Å². The summed E-state index contributed by atoms with van der Waals surface area (Å²) in [6.45, 7) is 3.73. The summed E-state index contributed by atoms with van der Waals surface area (Å²) in [6, 6.07) is 15.5. The van der Waals surface area contributed by atoms with Gasteiger partial charge in [-0.25, -0.2) is 9.67 Å². The second kappa shape index (κ2) is 9.58. The van der Waals surface area contributed by atoms with Crippen LogP contribution in [0.4, 0.5) is 5.13 Å². The number of nitrogens with zero attached hydrogens (tertiary/aromatic N) is 5. The highest BCUT2D eigenvalue weighted by Gasteiger charge is 2.13. The first-order chi connectivity index (χ1) is 15.7. The molecule has 8 heteroatoms. The number of rotatable bonds is 6. The van der Waals surface area contributed by atoms with Gasteiger partial charge in [-0.2, -0.15) is 0 Å². The number of aromatic nitrogens is 4. The van der Waals surface area contributed by atoms with E-state index in [0.717, 1.165) is 41.9 Å². The molecule has 2 aromatic carbocycles. The number of fused-ring (bicyclic) bond motifs is 1. The highest BCUT2D eigenvalue weighted by Crippen LogP contribution is 2.20. The van der Waals surface area contributed by atoms with Gasteiger partial charge in [0.1, 0.15) is 5.52 Å². The molecule has 1 aliphatic heterocycles. The number of likely N-dealkylation sites (tertiary alicyclic amines) is 1. The Morgan fingerprint density at radius 3 is 2.56 bits per heavy atom. The highest BCUT2D eigenvalue weighted by atomic mass is 32.1. The molecule has 32 heavy (non-hydrogen) atoms. The SMILES string of the molecule is O=C(Nc1nc(CN2CCCCCC2)cs1)c1ccc(Cn2nnc3ccccc32)cc1. The third-order valence-electron chi connectivity index (χ3n) is 5.83. The van der Waals surface area contributed by atoms with Crippen molar-refractivity contribution < 1.29 is 4.79 Å². The molecule has 0 unspecified atom stereocenters. The van der Waals surface area contributed by atoms with Crippen LogP contribution in [0.3, 0.4) is 0 Å². The number of benzene rings is 2. The normalized spacial score (nSPS) is 15.0. The molecule has 0 radical (unpaired) electrons. The summed E-state index contributed by atoms with van der Waals surface area (Å²) in [7, 11) is 0. The molecule has 1 fully saturated rings. The van der Waals surface area contributed by atoms with Gasteiger partial charge in [0.05, 0.1) is 17.8 Å². The second-order valence-corrected chi connectivity index (χ2v) is 9.08. The molecule has 1 N–H and O–H groups in total. The van der Waals surface area contributed by atoms with Crippen molar-refractivity contribution in [3.8, 4) is 0 Å². The Kier molecular flexibility index (Phi) is 6.22. The fourth-order valence-corrected chi connectivity index (χ4v) is 4.79. The molecule has 0 saturated carbocycles. The topological polar surface area (TPSA) is 75.9 Å². The van der Waals surface area contributed by atoms with Crippen molar-refractivity contribution in [3.05, 3.63) is 70.7 Å². The fourth-order valence-electron chi connectivity index (χ4n) is 4.10. The van der Waals surface area contributed by atoms with E-state index in [-0.39, 0.29) is 5.91 Å². The standard InChI is InChI=1S/C24H26N6OS/c31-23(26-24-25-20(17-32-24)16-29-13-5-1-2-6-14-29)19-11-9-18(10-12-19)15-30-22-8-4-3-7-21(22)27-28-30/h3-4,7-12,17H,1-2,5-6,13-16H2,(H,25,26,31). The van der Waals surface area contributed by atoms with E-state index in [9.17, 15) is 4.79 Å². The van der Waals surface area contributed by atoms with Gasteiger partial charge in [0, 0.05) is 17.5 Å². The number of amides is 1. The molecule has 7 nitrogen and oxygen atoms in total. The van der Waals surface area contributed by atoms with Gasteiger partial charge in [0.2, 0.25) is 0 Å². The van der Waals surface area contributed by atoms with E-state index in [0.29, 0.717) is 17.2 Å². The first-order valence-corrected chi connectivity index (χ1v) is 12.0. The number of nitrogens with one attached hydrogen (secondary N) is 1. The molecule has 1 aliphatic rings. The van der Waals surface area contributed by atoms with Crippen LogP contribution in [0.2, 0.25) is 0 Å². The molecule has 1 saturated heterocycles. The van der Waals surface area contributed by atoms with Gasteiger partial charge < -0.3 is 0 Å². The lowest BCUT2D eigenvalue weighted by Gasteiger charge is -2.17. The third-order valence-corrected chi connectivity index (χ3v) is 6.63. The molecular weight excluding hydrogens is 420 g/mol. The van der Waals surface area contributed by atoms with E-state index in [1.807, 2.05) is 58.6 Å². The molecule has 5 rings (SSSR count). The summed E-state index contributed by atoms with van der Waals surface area (Å²) in [4.78, 5) is 19.8. The smallest absolute Gasteiger partial charge is 0.257 e. The predicted octanol–water partition coefficient (Wildman–Crippen LogP) is 4.56. The van der Waals surface area contributed by atoms with Gasteiger partial charge in [-0.15, -0.1) is 16.4 Å². The first-order valence-electron chi connectivity index (χ1n) is 11.1. The van der Waals surface area contributed by atoms with Crippen molar-refractivity contribution in [2.75, 3.05) is 18.4 Å². The molecule has 4 aromatic rings. The maximum atomic E-state index is 12.7. The molecule has 3 heterocycles. The quantitative estimate of drug-likeness (QED) is 0.470. The van der Waals surface area contributed by atoms with Gasteiger partial charge in [-0.3, -0.25) is 15.0 Å². The number of hydrogen-bond donors (Lipinski definition) is 1. The van der Waals surface area contributed by atoms with Crippen molar-refractivity contribution in [2.24, 2.45) is 0 Å². The fraction of sp³-hybridized carbons (Fsp3) is 0.333. The average Bonchev–Trinajstić information content (AvgIpc) is 3.33. The molecule has 1 amide bonds. The minimum Gasteiger partial charge on any atom is -0.298 e. The monoisotopic (exact) mass is 446 g/mol. The van der Waals surface area contributed by atoms with Gasteiger partial charge in [0.15, 0.2) is 5.13 Å². The number of hydrogen-bond acceptors (Lipinski definition) is 6. The summed E-state index contributed by atoms with van der Waals surface area (Å²) in [5.74, 6) is -0.140. The minimum atomic E-state index is -0.140. The Morgan fingerprint density at radius 1 is 0.969 bits per heavy atom. The first kappa shape index (κ1) is 20.8. The number of para-hydroxylation sites is 1. The number of carbonyl (C=O) groups excluding carboxylic acids is 1. The molecule has 0 spiro atoms. The van der Waals surface area contributed by atoms with Crippen molar-refractivity contribution in [1.82, 2.24) is 24.9 Å². The molecule has 2 aromatic heterocycles. The van der Waals surface area contributed by atoms with Crippen molar-refractivity contribution in [2.45, 2.75) is 38.8 Å². The van der Waals surface area contributed by atoms with Crippen LogP contribution in [0.1, 0.15) is 47.3 Å². The summed E-state index contributed by atoms with van der Waals surface area (Å²) >= 11 is 1.49. The van der Waals surface area contributed by atoms with Gasteiger partial charge >= 0.3 is 0 Å². The van der Waals surface area contributed by atoms with Crippen molar-refractivity contribution in [1.29, 1.82) is 0 Å². The van der Waals surface area contributed by atoms with Crippen molar-refractivity contribution >= 4 is 33.4 Å². The minimum absolute atomic E-state index is 0.140. The lowest BCUT2D eigenvalue weighted by atomic mass is 10.1. The van der Waals surface area contributed by atoms with E-state index in [4.69, 9.17) is 0 Å². The number of anilines is 1. The zero-order valence-corrected chi connectivity index (χ0v) is 18.7. The highest BCUT2D eigenvalue weighted by molar-refractivity contribution is 7.14. The van der Waals surface area contributed by atoms with Crippen LogP contribution >= 0.6 is 11.3 Å². The summed E-state index contributed by atoms with van der Waals surface area (Å²) in [5.41, 5.74) is 4.58. The van der Waals surface area contributed by atoms with Gasteiger partial charge in [0.25, 0.3) is 5.91 Å². The average molecular weight is 447 g/mol. The van der Waals surface area contributed by atoms with E-state index in [1.54, 1.807) is 0 Å². The van der Waals surface area contributed by atoms with E-state index in [1.165, 1.54) is 37.0 Å². The molecule has 0 aliphatic carbocycles. The lowest BCUT2D eigenvalue weighted by Crippen LogP contribution is -2.24. The molecule has 164 valence electrons. The van der Waals surface area contributed by atoms with E-state index < -0.39 is 0 Å². The summed E-state index contributed by atoms with van der Waals surface area (Å²) < 4.78 is 1.87. The lowest BCUT2D eigenvalue weighted by molar-refractivity contribution is 0.102. The zero-order valence-electron chi connectivity index (χ0n) is 17.9. The van der Waals surface area contributed by atoms with Crippen LogP contribution in [0.25, 0.3) is 11.0 Å². The van der Waals surface area contributed by atoms with E-state index in [2.05, 4.69) is 25.5 Å². The van der Waals surface area contributed by atoms with Crippen LogP contribution in [0.15, 0.2) is 53.9 Å². The zero-order chi connectivity index (χ0) is 21.8. The Bertz CT molecular complexity index is 1190. The van der Waals surface area contributed by atoms with Crippen LogP contribution in [-0.2, 0) is 13.1 Å². The number of thiazole rings is 1. The Morgan fingerprint density at radius 2 is 1.75 bits per heavy atom. The van der Waals surface area contributed by atoms with Gasteiger partial charge in [-0.05, 0) is 55.8 Å². The number of carbonyl (C=O) groups is 1. The summed E-state index contributed by atoms with van der Waals surface area (Å²) in [5, 5.41) is 14.1. The maximum absolute atomic E-state index is 12.7. The van der Waals surface area contributed by atoms with E-state index >= 15 is 0 Å². The molecule has 0 bridgehead atoms. The maximum Gasteiger partial charge on any atom is 0.257 e. The Hall–Kier alpha value is -3.10. The van der Waals surface area contributed by atoms with Crippen LogP contribution in [-0.4, -0.2) is 43.9 Å². The van der Waals surface area contributed by atoms with Crippen LogP contribution < -0.4 is 5.32 Å². The Labute approximate surface area is 191 Å². The molecule has 0 atom stereocenters. The molecular formula is C24H26N6OS. The van der Waals surface area contributed by atoms with Crippen molar-refractivity contribution in [3.63, 3.8) is 0 Å². The van der Waals surface area contributed by atoms with Crippen LogP contribution in [0.5, 0.6) is 0 Å². The summed E-state index contributed by atoms with van der Waals surface area (Å²) in [6.07, 6.45) is 5.17. The third kappa shape index (κ3) is 4.87. The largest absolute Gasteiger partial charge is 0.298 e. The van der Waals surface area contributed by atoms with Crippen LogP contribution in [0, 0.1) is 0 Å². The predicted molar refractivity (Wildman–Crippen MR) is 127 cm³/mol.